The number of amides is 2. The second kappa shape index (κ2) is 10.4. The lowest BCUT2D eigenvalue weighted by molar-refractivity contribution is -0.145. The highest BCUT2D eigenvalue weighted by Crippen LogP contribution is 2.35. The van der Waals surface area contributed by atoms with Crippen molar-refractivity contribution in [1.29, 1.82) is 0 Å². The van der Waals surface area contributed by atoms with Crippen LogP contribution in [0.25, 0.3) is 22.3 Å². The first-order chi connectivity index (χ1) is 19.4. The highest BCUT2D eigenvalue weighted by atomic mass is 32.1. The number of hydrogen-bond acceptors (Lipinski definition) is 8. The zero-order valence-corrected chi connectivity index (χ0v) is 22.7. The van der Waals surface area contributed by atoms with Gasteiger partial charge < -0.3 is 19.7 Å². The lowest BCUT2D eigenvalue weighted by Crippen LogP contribution is -2.55. The summed E-state index contributed by atoms with van der Waals surface area (Å²) in [6, 6.07) is 22.4. The fourth-order valence-electron chi connectivity index (χ4n) is 4.49. The number of ether oxygens (including phenoxy) is 2. The van der Waals surface area contributed by atoms with Gasteiger partial charge in [0.25, 0.3) is 0 Å². The Labute approximate surface area is 234 Å². The molecule has 1 aliphatic rings. The van der Waals surface area contributed by atoms with Crippen LogP contribution in [0.5, 0.6) is 11.5 Å². The molecule has 10 nitrogen and oxygen atoms in total. The molecule has 0 spiro atoms. The molecule has 3 aromatic carbocycles. The Balaban J connectivity index is 1.29. The predicted molar refractivity (Wildman–Crippen MR) is 151 cm³/mol. The summed E-state index contributed by atoms with van der Waals surface area (Å²) < 4.78 is 12.4. The number of aromatic nitrogens is 4. The molecule has 202 valence electrons. The highest BCUT2D eigenvalue weighted by molar-refractivity contribution is 7.09. The number of nitrogens with one attached hydrogen (secondary N) is 1. The Hall–Kier alpha value is -4.77. The van der Waals surface area contributed by atoms with Crippen LogP contribution >= 0.6 is 11.3 Å². The van der Waals surface area contributed by atoms with E-state index in [9.17, 15) is 9.59 Å². The summed E-state index contributed by atoms with van der Waals surface area (Å²) in [5.41, 5.74) is 2.52. The number of benzene rings is 3. The van der Waals surface area contributed by atoms with Crippen molar-refractivity contribution in [3.63, 3.8) is 0 Å². The summed E-state index contributed by atoms with van der Waals surface area (Å²) in [7, 11) is 0. The first kappa shape index (κ1) is 25.5. The quantitative estimate of drug-likeness (QED) is 0.295. The molecule has 2 aromatic heterocycles. The van der Waals surface area contributed by atoms with E-state index in [1.165, 1.54) is 11.3 Å². The van der Waals surface area contributed by atoms with Crippen LogP contribution < -0.4 is 14.8 Å². The van der Waals surface area contributed by atoms with Crippen LogP contribution in [0.1, 0.15) is 18.9 Å². The summed E-state index contributed by atoms with van der Waals surface area (Å²) in [6.07, 6.45) is 0. The maximum Gasteiger partial charge on any atom is 0.249 e. The summed E-state index contributed by atoms with van der Waals surface area (Å²) in [5.74, 6) is 0.519. The maximum atomic E-state index is 13.9. The van der Waals surface area contributed by atoms with Crippen LogP contribution in [0.15, 0.2) is 78.2 Å². The Morgan fingerprint density at radius 1 is 1.02 bits per heavy atom. The Morgan fingerprint density at radius 3 is 2.65 bits per heavy atom. The molecule has 2 amide bonds. The van der Waals surface area contributed by atoms with E-state index in [0.717, 1.165) is 16.8 Å². The number of anilines is 1. The van der Waals surface area contributed by atoms with Crippen molar-refractivity contribution in [3.8, 4) is 22.8 Å². The molecule has 0 unspecified atom stereocenters. The summed E-state index contributed by atoms with van der Waals surface area (Å²) >= 11 is 1.44. The van der Waals surface area contributed by atoms with Gasteiger partial charge in [-0.25, -0.2) is 9.67 Å². The number of rotatable bonds is 8. The molecule has 0 saturated carbocycles. The predicted octanol–water partition coefficient (Wildman–Crippen LogP) is 4.73. The van der Waals surface area contributed by atoms with Crippen LogP contribution in [-0.2, 0) is 22.7 Å². The van der Waals surface area contributed by atoms with E-state index < -0.39 is 5.54 Å². The second-order valence-corrected chi connectivity index (χ2v) is 10.7. The molecule has 0 aliphatic carbocycles. The SMILES string of the molecule is CC(C)(C(=O)Nc1ccc2c(c1)OCO2)N(Cc1nc(-c2ccccc2)cs1)C(=O)Cn1nnc2ccccc21. The number of nitrogens with zero attached hydrogens (tertiary/aromatic N) is 5. The smallest absolute Gasteiger partial charge is 0.249 e. The molecule has 1 aliphatic heterocycles. The molecule has 3 heterocycles. The third-order valence-corrected chi connectivity index (χ3v) is 7.62. The minimum atomic E-state index is -1.25. The molecule has 0 radical (unpaired) electrons. The van der Waals surface area contributed by atoms with Crippen LogP contribution in [-0.4, -0.2) is 49.0 Å². The van der Waals surface area contributed by atoms with Crippen LogP contribution in [0.2, 0.25) is 0 Å². The summed E-state index contributed by atoms with van der Waals surface area (Å²) in [4.78, 5) is 33.9. The number of thiazole rings is 1. The number of hydrogen-bond donors (Lipinski definition) is 1. The van der Waals surface area contributed by atoms with E-state index in [4.69, 9.17) is 14.5 Å². The number of carbonyl (C=O) groups excluding carboxylic acids is 2. The van der Waals surface area contributed by atoms with Crippen LogP contribution in [0.4, 0.5) is 5.69 Å². The Bertz CT molecular complexity index is 1700. The van der Waals surface area contributed by atoms with Gasteiger partial charge in [0.2, 0.25) is 18.6 Å². The Morgan fingerprint density at radius 2 is 1.80 bits per heavy atom. The second-order valence-electron chi connectivity index (χ2n) is 9.79. The molecule has 40 heavy (non-hydrogen) atoms. The first-order valence-corrected chi connectivity index (χ1v) is 13.6. The van der Waals surface area contributed by atoms with Crippen molar-refractivity contribution in [1.82, 2.24) is 24.9 Å². The highest BCUT2D eigenvalue weighted by Gasteiger charge is 2.39. The number of carbonyl (C=O) groups is 2. The third-order valence-electron chi connectivity index (χ3n) is 6.78. The summed E-state index contributed by atoms with van der Waals surface area (Å²) in [5, 5.41) is 13.9. The minimum absolute atomic E-state index is 0.0852. The van der Waals surface area contributed by atoms with Gasteiger partial charge in [-0.1, -0.05) is 47.7 Å². The van der Waals surface area contributed by atoms with Gasteiger partial charge in [-0.2, -0.15) is 0 Å². The normalized spacial score (nSPS) is 12.4. The molecule has 0 fully saturated rings. The summed E-state index contributed by atoms with van der Waals surface area (Å²) in [6.45, 7) is 3.63. The van der Waals surface area contributed by atoms with Crippen molar-refractivity contribution >= 4 is 39.9 Å². The largest absolute Gasteiger partial charge is 0.454 e. The van der Waals surface area contributed by atoms with E-state index in [2.05, 4.69) is 15.6 Å². The van der Waals surface area contributed by atoms with Gasteiger partial charge in [0.15, 0.2) is 11.5 Å². The van der Waals surface area contributed by atoms with E-state index in [1.807, 2.05) is 60.0 Å². The lowest BCUT2D eigenvalue weighted by Gasteiger charge is -2.37. The molecule has 6 rings (SSSR count). The molecular formula is C29H26N6O4S. The monoisotopic (exact) mass is 554 g/mol. The van der Waals surface area contributed by atoms with Crippen molar-refractivity contribution in [2.75, 3.05) is 12.1 Å². The standard InChI is InChI=1S/C29H26N6O4S/c1-29(2,28(37)30-20-12-13-24-25(14-20)39-18-38-24)34(15-26-31-22(17-40-26)19-8-4-3-5-9-19)27(36)16-35-23-11-7-6-10-21(23)32-33-35/h3-14,17H,15-16,18H2,1-2H3,(H,30,37). The van der Waals surface area contributed by atoms with Gasteiger partial charge in [-0.3, -0.25) is 9.59 Å². The molecule has 5 aromatic rings. The lowest BCUT2D eigenvalue weighted by atomic mass is 10.0. The van der Waals surface area contributed by atoms with Crippen LogP contribution in [0.3, 0.4) is 0 Å². The average Bonchev–Trinajstić information content (AvgIpc) is 3.72. The van der Waals surface area contributed by atoms with Crippen molar-refractivity contribution < 1.29 is 19.1 Å². The van der Waals surface area contributed by atoms with E-state index in [0.29, 0.717) is 27.7 Å². The van der Waals surface area contributed by atoms with Crippen molar-refractivity contribution in [3.05, 3.63) is 83.2 Å². The Kier molecular flexibility index (Phi) is 6.64. The fourth-order valence-corrected chi connectivity index (χ4v) is 5.28. The van der Waals surface area contributed by atoms with Crippen LogP contribution in [0, 0.1) is 0 Å². The van der Waals surface area contributed by atoms with E-state index in [1.54, 1.807) is 41.6 Å². The van der Waals surface area contributed by atoms with E-state index in [-0.39, 0.29) is 31.7 Å². The van der Waals surface area contributed by atoms with Gasteiger partial charge in [-0.05, 0) is 38.1 Å². The third kappa shape index (κ3) is 4.98. The average molecular weight is 555 g/mol. The van der Waals surface area contributed by atoms with E-state index >= 15 is 0 Å². The van der Waals surface area contributed by atoms with Gasteiger partial charge >= 0.3 is 0 Å². The minimum Gasteiger partial charge on any atom is -0.454 e. The van der Waals surface area contributed by atoms with Crippen molar-refractivity contribution in [2.24, 2.45) is 0 Å². The fraction of sp³-hybridized carbons (Fsp3) is 0.207. The van der Waals surface area contributed by atoms with Gasteiger partial charge in [0, 0.05) is 22.7 Å². The number of para-hydroxylation sites is 1. The molecule has 0 saturated heterocycles. The molecule has 0 bridgehead atoms. The van der Waals surface area contributed by atoms with Gasteiger partial charge in [-0.15, -0.1) is 16.4 Å². The zero-order valence-electron chi connectivity index (χ0n) is 21.9. The number of fused-ring (bicyclic) bond motifs is 2. The maximum absolute atomic E-state index is 13.9. The zero-order chi connectivity index (χ0) is 27.7. The topological polar surface area (TPSA) is 111 Å². The first-order valence-electron chi connectivity index (χ1n) is 12.7. The van der Waals surface area contributed by atoms with Gasteiger partial charge in [0.05, 0.1) is 17.8 Å². The molecule has 0 atom stereocenters. The van der Waals surface area contributed by atoms with Gasteiger partial charge in [0.1, 0.15) is 22.6 Å². The molecular weight excluding hydrogens is 528 g/mol. The molecule has 11 heteroatoms. The van der Waals surface area contributed by atoms with Crippen molar-refractivity contribution in [2.45, 2.75) is 32.5 Å². The molecule has 1 N–H and O–H groups in total.